The lowest BCUT2D eigenvalue weighted by Gasteiger charge is -2.26. The van der Waals surface area contributed by atoms with Gasteiger partial charge < -0.3 is 14.8 Å². The van der Waals surface area contributed by atoms with E-state index in [4.69, 9.17) is 4.74 Å². The predicted molar refractivity (Wildman–Crippen MR) is 63.5 cm³/mol. The van der Waals surface area contributed by atoms with Gasteiger partial charge in [0.2, 0.25) is 0 Å². The van der Waals surface area contributed by atoms with Crippen molar-refractivity contribution >= 4 is 22.2 Å². The number of rotatable bonds is 4. The van der Waals surface area contributed by atoms with Gasteiger partial charge in [0, 0.05) is 6.26 Å². The summed E-state index contributed by atoms with van der Waals surface area (Å²) in [5.41, 5.74) is -2.19. The molecule has 0 radical (unpaired) electrons. The fraction of sp³-hybridized carbons (Fsp3) is 0.800. The average molecular weight is 265 g/mol. The molecule has 0 aromatic heterocycles. The second kappa shape index (κ2) is 5.03. The van der Waals surface area contributed by atoms with Gasteiger partial charge >= 0.3 is 6.09 Å². The highest BCUT2D eigenvalue weighted by molar-refractivity contribution is 7.90. The highest BCUT2D eigenvalue weighted by Gasteiger charge is 2.32. The molecule has 1 amide bonds. The van der Waals surface area contributed by atoms with Gasteiger partial charge in [-0.15, -0.1) is 0 Å². The number of carbonyl (C=O) groups is 2. The molecule has 0 aliphatic carbocycles. The van der Waals surface area contributed by atoms with E-state index in [2.05, 4.69) is 5.32 Å². The monoisotopic (exact) mass is 265 g/mol. The zero-order valence-electron chi connectivity index (χ0n) is 10.7. The molecule has 100 valence electrons. The molecule has 7 heteroatoms. The van der Waals surface area contributed by atoms with Gasteiger partial charge in [0.15, 0.2) is 0 Å². The first-order valence-electron chi connectivity index (χ1n) is 5.02. The fourth-order valence-corrected chi connectivity index (χ4v) is 2.41. The third-order valence-electron chi connectivity index (χ3n) is 1.61. The maximum atomic E-state index is 11.4. The van der Waals surface area contributed by atoms with Crippen LogP contribution in [0.3, 0.4) is 0 Å². The molecule has 0 aromatic rings. The van der Waals surface area contributed by atoms with Gasteiger partial charge in [0.25, 0.3) is 0 Å². The molecule has 1 unspecified atom stereocenters. The number of sulfone groups is 1. The summed E-state index contributed by atoms with van der Waals surface area (Å²) in [4.78, 5) is 22.3. The molecule has 0 aromatic carbocycles. The predicted octanol–water partition coefficient (Wildman–Crippen LogP) is 0.513. The lowest BCUT2D eigenvalue weighted by Crippen LogP contribution is -2.53. The number of aldehydes is 1. The summed E-state index contributed by atoms with van der Waals surface area (Å²) in [6.45, 7) is 6.33. The summed E-state index contributed by atoms with van der Waals surface area (Å²) in [5.74, 6) is -0.470. The number of alkyl carbamates (subject to hydrolysis) is 1. The molecule has 0 heterocycles. The highest BCUT2D eigenvalue weighted by atomic mass is 32.2. The van der Waals surface area contributed by atoms with Crippen molar-refractivity contribution in [1.82, 2.24) is 5.32 Å². The van der Waals surface area contributed by atoms with Crippen LogP contribution in [0.1, 0.15) is 27.7 Å². The highest BCUT2D eigenvalue weighted by Crippen LogP contribution is 2.10. The Kier molecular flexibility index (Phi) is 4.70. The van der Waals surface area contributed by atoms with Crippen LogP contribution in [0, 0.1) is 0 Å². The number of amides is 1. The summed E-state index contributed by atoms with van der Waals surface area (Å²) in [6.07, 6.45) is 0.555. The molecule has 0 bridgehead atoms. The standard InChI is InChI=1S/C10H19NO5S/c1-9(2,3)16-8(13)11-10(4,6-12)7-17(5,14)15/h6H,7H2,1-5H3,(H,11,13). The van der Waals surface area contributed by atoms with E-state index < -0.39 is 32.8 Å². The van der Waals surface area contributed by atoms with E-state index in [-0.39, 0.29) is 0 Å². The van der Waals surface area contributed by atoms with Crippen LogP contribution in [0.2, 0.25) is 0 Å². The zero-order chi connectivity index (χ0) is 13.9. The molecule has 0 aliphatic rings. The van der Waals surface area contributed by atoms with Crippen LogP contribution < -0.4 is 5.32 Å². The Labute approximate surface area is 102 Å². The largest absolute Gasteiger partial charge is 0.444 e. The maximum absolute atomic E-state index is 11.4. The van der Waals surface area contributed by atoms with Crippen molar-refractivity contribution in [1.29, 1.82) is 0 Å². The second-order valence-corrected chi connectivity index (χ2v) is 7.37. The van der Waals surface area contributed by atoms with Gasteiger partial charge in [-0.25, -0.2) is 13.2 Å². The minimum Gasteiger partial charge on any atom is -0.444 e. The molecule has 1 atom stereocenters. The van der Waals surface area contributed by atoms with Gasteiger partial charge in [0.05, 0.1) is 5.75 Å². The number of hydrogen-bond acceptors (Lipinski definition) is 5. The summed E-state index contributed by atoms with van der Waals surface area (Å²) >= 11 is 0. The van der Waals surface area contributed by atoms with Crippen molar-refractivity contribution in [2.24, 2.45) is 0 Å². The Morgan fingerprint density at radius 2 is 1.76 bits per heavy atom. The Morgan fingerprint density at radius 3 is 2.06 bits per heavy atom. The van der Waals surface area contributed by atoms with E-state index >= 15 is 0 Å². The lowest BCUT2D eigenvalue weighted by atomic mass is 10.1. The van der Waals surface area contributed by atoms with Crippen molar-refractivity contribution in [2.45, 2.75) is 38.8 Å². The molecule has 6 nitrogen and oxygen atoms in total. The molecule has 0 spiro atoms. The van der Waals surface area contributed by atoms with Crippen LogP contribution in [0.15, 0.2) is 0 Å². The van der Waals surface area contributed by atoms with Crippen LogP contribution in [0.4, 0.5) is 4.79 Å². The smallest absolute Gasteiger partial charge is 0.408 e. The topological polar surface area (TPSA) is 89.5 Å². The zero-order valence-corrected chi connectivity index (χ0v) is 11.6. The third-order valence-corrected chi connectivity index (χ3v) is 2.73. The van der Waals surface area contributed by atoms with E-state index in [0.717, 1.165) is 6.26 Å². The molecular formula is C10H19NO5S. The van der Waals surface area contributed by atoms with E-state index in [0.29, 0.717) is 6.29 Å². The quantitative estimate of drug-likeness (QED) is 0.748. The molecular weight excluding hydrogens is 246 g/mol. The number of nitrogens with one attached hydrogen (secondary N) is 1. The van der Waals surface area contributed by atoms with Crippen molar-refractivity contribution in [2.75, 3.05) is 12.0 Å². The Bertz CT molecular complexity index is 395. The van der Waals surface area contributed by atoms with Crippen molar-refractivity contribution < 1.29 is 22.7 Å². The minimum absolute atomic E-state index is 0.387. The number of ether oxygens (including phenoxy) is 1. The maximum Gasteiger partial charge on any atom is 0.408 e. The van der Waals surface area contributed by atoms with Crippen LogP contribution in [0.25, 0.3) is 0 Å². The molecule has 1 N–H and O–H groups in total. The molecule has 0 fully saturated rings. The lowest BCUT2D eigenvalue weighted by molar-refractivity contribution is -0.112. The van der Waals surface area contributed by atoms with Crippen LogP contribution in [-0.2, 0) is 19.4 Å². The van der Waals surface area contributed by atoms with Crippen LogP contribution in [-0.4, -0.2) is 43.9 Å². The summed E-state index contributed by atoms with van der Waals surface area (Å²) in [5, 5.41) is 2.25. The van der Waals surface area contributed by atoms with Gasteiger partial charge in [-0.3, -0.25) is 0 Å². The van der Waals surface area contributed by atoms with E-state index in [1.807, 2.05) is 0 Å². The summed E-state index contributed by atoms with van der Waals surface area (Å²) < 4.78 is 27.2. The normalized spacial score (nSPS) is 15.8. The fourth-order valence-electron chi connectivity index (χ4n) is 1.18. The molecule has 0 saturated carbocycles. The van der Waals surface area contributed by atoms with Crippen molar-refractivity contribution in [3.63, 3.8) is 0 Å². The van der Waals surface area contributed by atoms with Gasteiger partial charge in [-0.1, -0.05) is 0 Å². The van der Waals surface area contributed by atoms with Gasteiger partial charge in [-0.05, 0) is 27.7 Å². The third kappa shape index (κ3) is 7.73. The van der Waals surface area contributed by atoms with E-state index in [1.165, 1.54) is 6.92 Å². The first kappa shape index (κ1) is 15.9. The SMILES string of the molecule is CC(C=O)(CS(C)(=O)=O)NC(=O)OC(C)(C)C. The molecule has 0 rings (SSSR count). The summed E-state index contributed by atoms with van der Waals surface area (Å²) in [6, 6.07) is 0. The van der Waals surface area contributed by atoms with E-state index in [1.54, 1.807) is 20.8 Å². The van der Waals surface area contributed by atoms with Gasteiger partial charge in [0.1, 0.15) is 27.3 Å². The van der Waals surface area contributed by atoms with Crippen molar-refractivity contribution in [3.8, 4) is 0 Å². The van der Waals surface area contributed by atoms with E-state index in [9.17, 15) is 18.0 Å². The van der Waals surface area contributed by atoms with Crippen molar-refractivity contribution in [3.05, 3.63) is 0 Å². The van der Waals surface area contributed by atoms with Crippen LogP contribution >= 0.6 is 0 Å². The Balaban J connectivity index is 4.71. The summed E-state index contributed by atoms with van der Waals surface area (Å²) in [7, 11) is -3.38. The minimum atomic E-state index is -3.38. The Morgan fingerprint density at radius 1 is 1.29 bits per heavy atom. The first-order valence-corrected chi connectivity index (χ1v) is 7.08. The van der Waals surface area contributed by atoms with Gasteiger partial charge in [-0.2, -0.15) is 0 Å². The molecule has 0 aliphatic heterocycles. The average Bonchev–Trinajstić information content (AvgIpc) is 1.95. The first-order chi connectivity index (χ1) is 7.37. The second-order valence-electron chi connectivity index (χ2n) is 5.23. The Hall–Kier alpha value is -1.11. The number of hydrogen-bond donors (Lipinski definition) is 1. The number of carbonyl (C=O) groups excluding carboxylic acids is 2. The van der Waals surface area contributed by atoms with Crippen LogP contribution in [0.5, 0.6) is 0 Å². The molecule has 0 saturated heterocycles. The molecule has 17 heavy (non-hydrogen) atoms.